The number of hydrogen-bond acceptors (Lipinski definition) is 3. The monoisotopic (exact) mass is 368 g/mol. The van der Waals surface area contributed by atoms with Crippen molar-refractivity contribution in [3.8, 4) is 5.75 Å². The third kappa shape index (κ3) is 6.13. The number of rotatable bonds is 9. The first-order valence-electron chi connectivity index (χ1n) is 9.29. The van der Waals surface area contributed by atoms with Gasteiger partial charge in [-0.05, 0) is 37.5 Å². The summed E-state index contributed by atoms with van der Waals surface area (Å²) in [5.74, 6) is 0.293. The number of ether oxygens (including phenoxy) is 1. The van der Waals surface area contributed by atoms with Crippen LogP contribution in [0.5, 0.6) is 5.75 Å². The molecular formula is C22H28N2O3. The van der Waals surface area contributed by atoms with E-state index in [1.807, 2.05) is 68.4 Å². The molecule has 144 valence electrons. The maximum absolute atomic E-state index is 12.8. The molecule has 0 saturated heterocycles. The Bertz CT molecular complexity index is 729. The molecule has 1 N–H and O–H groups in total. The minimum absolute atomic E-state index is 0.0919. The molecule has 1 atom stereocenters. The average Bonchev–Trinajstić information content (AvgIpc) is 2.70. The Morgan fingerprint density at radius 3 is 2.33 bits per heavy atom. The summed E-state index contributed by atoms with van der Waals surface area (Å²) in [6.07, 6.45) is 1.23. The first-order chi connectivity index (χ1) is 13.0. The minimum Gasteiger partial charge on any atom is -0.484 e. The molecule has 0 aromatic heterocycles. The molecule has 0 saturated carbocycles. The van der Waals surface area contributed by atoms with Gasteiger partial charge in [-0.1, -0.05) is 55.0 Å². The lowest BCUT2D eigenvalue weighted by molar-refractivity contribution is -0.142. The van der Waals surface area contributed by atoms with E-state index in [1.54, 1.807) is 11.9 Å². The minimum atomic E-state index is -0.507. The molecule has 2 aromatic rings. The van der Waals surface area contributed by atoms with E-state index in [9.17, 15) is 9.59 Å². The van der Waals surface area contributed by atoms with Gasteiger partial charge >= 0.3 is 0 Å². The van der Waals surface area contributed by atoms with E-state index in [1.165, 1.54) is 0 Å². The van der Waals surface area contributed by atoms with Crippen molar-refractivity contribution in [1.82, 2.24) is 10.2 Å². The van der Waals surface area contributed by atoms with Gasteiger partial charge in [0.05, 0.1) is 0 Å². The third-order valence-corrected chi connectivity index (χ3v) is 4.50. The Kier molecular flexibility index (Phi) is 7.86. The molecular weight excluding hydrogens is 340 g/mol. The predicted octanol–water partition coefficient (Wildman–Crippen LogP) is 2.97. The smallest absolute Gasteiger partial charge is 0.261 e. The highest BCUT2D eigenvalue weighted by Crippen LogP contribution is 2.13. The van der Waals surface area contributed by atoms with Crippen molar-refractivity contribution >= 4 is 11.8 Å². The zero-order valence-electron chi connectivity index (χ0n) is 16.3. The molecule has 0 spiro atoms. The summed E-state index contributed by atoms with van der Waals surface area (Å²) >= 11 is 0. The first kappa shape index (κ1) is 20.5. The zero-order chi connectivity index (χ0) is 19.6. The van der Waals surface area contributed by atoms with Crippen LogP contribution in [0, 0.1) is 6.92 Å². The molecule has 0 radical (unpaired) electrons. The standard InChI is InChI=1S/C22H28N2O3/c1-4-20(22(26)23-3)24(15-14-18-8-6-5-7-9-18)21(25)16-27-19-12-10-17(2)11-13-19/h5-13,20H,4,14-16H2,1-3H3,(H,23,26)/t20-/m1/s1. The molecule has 0 aliphatic heterocycles. The van der Waals surface area contributed by atoms with Gasteiger partial charge in [0.1, 0.15) is 11.8 Å². The van der Waals surface area contributed by atoms with Gasteiger partial charge in [-0.2, -0.15) is 0 Å². The molecule has 5 heteroatoms. The number of hydrogen-bond donors (Lipinski definition) is 1. The number of nitrogens with zero attached hydrogens (tertiary/aromatic N) is 1. The van der Waals surface area contributed by atoms with Crippen LogP contribution in [0.4, 0.5) is 0 Å². The van der Waals surface area contributed by atoms with E-state index in [0.29, 0.717) is 25.1 Å². The number of nitrogens with one attached hydrogen (secondary N) is 1. The normalized spacial score (nSPS) is 11.5. The van der Waals surface area contributed by atoms with Gasteiger partial charge in [0, 0.05) is 13.6 Å². The van der Waals surface area contributed by atoms with E-state index in [4.69, 9.17) is 4.74 Å². The molecule has 2 rings (SSSR count). The maximum Gasteiger partial charge on any atom is 0.261 e. The van der Waals surface area contributed by atoms with Crippen molar-refractivity contribution in [2.24, 2.45) is 0 Å². The first-order valence-corrected chi connectivity index (χ1v) is 9.29. The lowest BCUT2D eigenvalue weighted by atomic mass is 10.1. The topological polar surface area (TPSA) is 58.6 Å². The fraction of sp³-hybridized carbons (Fsp3) is 0.364. The molecule has 2 amide bonds. The maximum atomic E-state index is 12.8. The second-order valence-electron chi connectivity index (χ2n) is 6.46. The Morgan fingerprint density at radius 2 is 1.74 bits per heavy atom. The van der Waals surface area contributed by atoms with E-state index < -0.39 is 6.04 Å². The van der Waals surface area contributed by atoms with Gasteiger partial charge < -0.3 is 15.0 Å². The summed E-state index contributed by atoms with van der Waals surface area (Å²) in [6.45, 7) is 4.27. The summed E-state index contributed by atoms with van der Waals surface area (Å²) < 4.78 is 5.64. The number of benzene rings is 2. The molecule has 0 fully saturated rings. The van der Waals surface area contributed by atoms with Crippen molar-refractivity contribution in [3.05, 3.63) is 65.7 Å². The summed E-state index contributed by atoms with van der Waals surface area (Å²) in [5.41, 5.74) is 2.25. The fourth-order valence-electron chi connectivity index (χ4n) is 2.92. The van der Waals surface area contributed by atoms with Crippen molar-refractivity contribution in [3.63, 3.8) is 0 Å². The second-order valence-corrected chi connectivity index (χ2v) is 6.46. The summed E-state index contributed by atoms with van der Waals surface area (Å²) in [4.78, 5) is 26.7. The van der Waals surface area contributed by atoms with E-state index in [0.717, 1.165) is 11.1 Å². The Labute approximate surface area is 161 Å². The quantitative estimate of drug-likeness (QED) is 0.740. The highest BCUT2D eigenvalue weighted by molar-refractivity contribution is 5.88. The zero-order valence-corrected chi connectivity index (χ0v) is 16.3. The molecule has 0 bridgehead atoms. The van der Waals surface area contributed by atoms with Crippen LogP contribution >= 0.6 is 0 Å². The van der Waals surface area contributed by atoms with Gasteiger partial charge in [-0.25, -0.2) is 0 Å². The van der Waals surface area contributed by atoms with Gasteiger partial charge in [-0.15, -0.1) is 0 Å². The molecule has 2 aromatic carbocycles. The SMILES string of the molecule is CC[C@H](C(=O)NC)N(CCc1ccccc1)C(=O)COc1ccc(C)cc1. The van der Waals surface area contributed by atoms with Crippen molar-refractivity contribution in [2.45, 2.75) is 32.7 Å². The van der Waals surface area contributed by atoms with Gasteiger partial charge in [-0.3, -0.25) is 9.59 Å². The van der Waals surface area contributed by atoms with Crippen LogP contribution in [0.3, 0.4) is 0 Å². The summed E-state index contributed by atoms with van der Waals surface area (Å²) in [5, 5.41) is 2.66. The average molecular weight is 368 g/mol. The summed E-state index contributed by atoms with van der Waals surface area (Å²) in [6, 6.07) is 17.0. The highest BCUT2D eigenvalue weighted by atomic mass is 16.5. The number of carbonyl (C=O) groups is 2. The highest BCUT2D eigenvalue weighted by Gasteiger charge is 2.27. The van der Waals surface area contributed by atoms with Crippen LogP contribution in [-0.4, -0.2) is 43.0 Å². The molecule has 0 unspecified atom stereocenters. The van der Waals surface area contributed by atoms with Gasteiger partial charge in [0.25, 0.3) is 5.91 Å². The van der Waals surface area contributed by atoms with Crippen LogP contribution in [0.1, 0.15) is 24.5 Å². The Morgan fingerprint density at radius 1 is 1.07 bits per heavy atom. The van der Waals surface area contributed by atoms with E-state index in [-0.39, 0.29) is 18.4 Å². The van der Waals surface area contributed by atoms with Crippen molar-refractivity contribution < 1.29 is 14.3 Å². The third-order valence-electron chi connectivity index (χ3n) is 4.50. The largest absolute Gasteiger partial charge is 0.484 e. The van der Waals surface area contributed by atoms with Crippen molar-refractivity contribution in [1.29, 1.82) is 0 Å². The molecule has 5 nitrogen and oxygen atoms in total. The lowest BCUT2D eigenvalue weighted by Gasteiger charge is -2.30. The number of amides is 2. The Hall–Kier alpha value is -2.82. The van der Waals surface area contributed by atoms with Crippen LogP contribution < -0.4 is 10.1 Å². The Balaban J connectivity index is 2.07. The molecule has 0 aliphatic carbocycles. The predicted molar refractivity (Wildman–Crippen MR) is 107 cm³/mol. The number of likely N-dealkylation sites (N-methyl/N-ethyl adjacent to an activating group) is 1. The molecule has 0 aliphatic rings. The van der Waals surface area contributed by atoms with Crippen LogP contribution in [0.2, 0.25) is 0 Å². The molecule has 27 heavy (non-hydrogen) atoms. The number of aryl methyl sites for hydroxylation is 1. The number of carbonyl (C=O) groups excluding carboxylic acids is 2. The van der Waals surface area contributed by atoms with Crippen LogP contribution in [0.25, 0.3) is 0 Å². The van der Waals surface area contributed by atoms with Gasteiger partial charge in [0.2, 0.25) is 5.91 Å². The van der Waals surface area contributed by atoms with Crippen molar-refractivity contribution in [2.75, 3.05) is 20.2 Å². The van der Waals surface area contributed by atoms with Crippen LogP contribution in [0.15, 0.2) is 54.6 Å². The lowest BCUT2D eigenvalue weighted by Crippen LogP contribution is -2.50. The van der Waals surface area contributed by atoms with Crippen LogP contribution in [-0.2, 0) is 16.0 Å². The van der Waals surface area contributed by atoms with E-state index in [2.05, 4.69) is 5.32 Å². The van der Waals surface area contributed by atoms with E-state index >= 15 is 0 Å². The second kappa shape index (κ2) is 10.4. The summed E-state index contributed by atoms with van der Waals surface area (Å²) in [7, 11) is 1.59. The van der Waals surface area contributed by atoms with Gasteiger partial charge in [0.15, 0.2) is 6.61 Å². The fourth-order valence-corrected chi connectivity index (χ4v) is 2.92. The molecule has 0 heterocycles.